The molecule has 0 aliphatic heterocycles. The van der Waals surface area contributed by atoms with Crippen molar-refractivity contribution in [1.82, 2.24) is 4.98 Å². The Labute approximate surface area is 123 Å². The van der Waals surface area contributed by atoms with Crippen LogP contribution in [0.2, 0.25) is 5.02 Å². The molecule has 18 heavy (non-hydrogen) atoms. The van der Waals surface area contributed by atoms with E-state index >= 15 is 0 Å². The van der Waals surface area contributed by atoms with E-state index in [0.29, 0.717) is 15.6 Å². The van der Waals surface area contributed by atoms with Crippen molar-refractivity contribution in [1.29, 1.82) is 0 Å². The predicted octanol–water partition coefficient (Wildman–Crippen LogP) is 4.85. The molecular weight excluding hydrogens is 334 g/mol. The maximum absolute atomic E-state index is 11.6. The van der Waals surface area contributed by atoms with Crippen LogP contribution in [0.1, 0.15) is 17.3 Å². The van der Waals surface area contributed by atoms with Crippen molar-refractivity contribution < 1.29 is 4.79 Å². The van der Waals surface area contributed by atoms with E-state index in [1.54, 1.807) is 25.3 Å². The van der Waals surface area contributed by atoms with Crippen LogP contribution in [0.15, 0.2) is 50.9 Å². The first-order valence-electron chi connectivity index (χ1n) is 5.17. The first-order chi connectivity index (χ1) is 8.58. The fourth-order valence-corrected chi connectivity index (χ4v) is 2.95. The molecule has 0 amide bonds. The van der Waals surface area contributed by atoms with Crippen LogP contribution in [-0.4, -0.2) is 10.8 Å². The van der Waals surface area contributed by atoms with Crippen LogP contribution in [-0.2, 0) is 0 Å². The average molecular weight is 343 g/mol. The summed E-state index contributed by atoms with van der Waals surface area (Å²) in [6.45, 7) is 1.55. The Morgan fingerprint density at radius 2 is 2.17 bits per heavy atom. The number of halogens is 2. The van der Waals surface area contributed by atoms with Gasteiger partial charge in [-0.05, 0) is 37.3 Å². The minimum Gasteiger partial charge on any atom is -0.294 e. The Hall–Kier alpha value is -0.840. The number of pyridine rings is 1. The molecule has 0 aliphatic rings. The standard InChI is InChI=1S/C13H9BrClNOS/c1-8(17)10-7-9(14)4-5-12(10)18-13-11(15)3-2-6-16-13/h2-7H,1H3. The summed E-state index contributed by atoms with van der Waals surface area (Å²) < 4.78 is 0.879. The normalized spacial score (nSPS) is 10.4. The Balaban J connectivity index is 2.41. The largest absolute Gasteiger partial charge is 0.294 e. The van der Waals surface area contributed by atoms with Gasteiger partial charge in [-0.3, -0.25) is 4.79 Å². The highest BCUT2D eigenvalue weighted by atomic mass is 79.9. The van der Waals surface area contributed by atoms with E-state index in [1.165, 1.54) is 11.8 Å². The minimum atomic E-state index is 0.0193. The summed E-state index contributed by atoms with van der Waals surface area (Å²) in [5.74, 6) is 0.0193. The van der Waals surface area contributed by atoms with Gasteiger partial charge in [0.25, 0.3) is 0 Å². The number of benzene rings is 1. The van der Waals surface area contributed by atoms with Gasteiger partial charge in [0.1, 0.15) is 5.03 Å². The summed E-state index contributed by atoms with van der Waals surface area (Å²) in [7, 11) is 0. The van der Waals surface area contributed by atoms with Gasteiger partial charge < -0.3 is 0 Å². The molecule has 0 saturated carbocycles. The lowest BCUT2D eigenvalue weighted by atomic mass is 10.1. The molecule has 2 rings (SSSR count). The second kappa shape index (κ2) is 5.87. The molecule has 92 valence electrons. The molecule has 0 bridgehead atoms. The van der Waals surface area contributed by atoms with Gasteiger partial charge in [0.2, 0.25) is 0 Å². The van der Waals surface area contributed by atoms with Gasteiger partial charge in [-0.2, -0.15) is 0 Å². The summed E-state index contributed by atoms with van der Waals surface area (Å²) in [6, 6.07) is 9.15. The Kier molecular flexibility index (Phi) is 4.43. The molecule has 0 N–H and O–H groups in total. The lowest BCUT2D eigenvalue weighted by Gasteiger charge is -2.07. The van der Waals surface area contributed by atoms with Crippen LogP contribution < -0.4 is 0 Å². The van der Waals surface area contributed by atoms with Crippen molar-refractivity contribution in [3.8, 4) is 0 Å². The van der Waals surface area contributed by atoms with Gasteiger partial charge in [0.15, 0.2) is 5.78 Å². The molecule has 5 heteroatoms. The second-order valence-electron chi connectivity index (χ2n) is 3.59. The van der Waals surface area contributed by atoms with E-state index in [1.807, 2.05) is 18.2 Å². The smallest absolute Gasteiger partial charge is 0.160 e. The van der Waals surface area contributed by atoms with Crippen LogP contribution in [0.4, 0.5) is 0 Å². The number of ketones is 1. The lowest BCUT2D eigenvalue weighted by molar-refractivity contribution is 0.101. The average Bonchev–Trinajstić information content (AvgIpc) is 2.34. The van der Waals surface area contributed by atoms with Gasteiger partial charge in [-0.25, -0.2) is 4.98 Å². The third-order valence-electron chi connectivity index (χ3n) is 2.25. The van der Waals surface area contributed by atoms with Crippen molar-refractivity contribution in [2.75, 3.05) is 0 Å². The molecule has 1 aromatic carbocycles. The first kappa shape index (κ1) is 13.6. The molecule has 0 saturated heterocycles. The number of Topliss-reactive ketones (excluding diaryl/α,β-unsaturated/α-hetero) is 1. The van der Waals surface area contributed by atoms with Crippen molar-refractivity contribution in [3.63, 3.8) is 0 Å². The zero-order valence-electron chi connectivity index (χ0n) is 9.48. The zero-order chi connectivity index (χ0) is 13.1. The fraction of sp³-hybridized carbons (Fsp3) is 0.0769. The third kappa shape index (κ3) is 3.13. The number of nitrogens with zero attached hydrogens (tertiary/aromatic N) is 1. The van der Waals surface area contributed by atoms with Crippen LogP contribution >= 0.6 is 39.3 Å². The van der Waals surface area contributed by atoms with E-state index in [0.717, 1.165) is 9.37 Å². The zero-order valence-corrected chi connectivity index (χ0v) is 12.6. The van der Waals surface area contributed by atoms with Crippen molar-refractivity contribution >= 4 is 45.1 Å². The van der Waals surface area contributed by atoms with Crippen LogP contribution in [0.3, 0.4) is 0 Å². The predicted molar refractivity (Wildman–Crippen MR) is 77.5 cm³/mol. The Morgan fingerprint density at radius 1 is 1.39 bits per heavy atom. The number of aromatic nitrogens is 1. The topological polar surface area (TPSA) is 30.0 Å². The molecular formula is C13H9BrClNOS. The monoisotopic (exact) mass is 341 g/mol. The lowest BCUT2D eigenvalue weighted by Crippen LogP contribution is -1.95. The Morgan fingerprint density at radius 3 is 2.83 bits per heavy atom. The highest BCUT2D eigenvalue weighted by molar-refractivity contribution is 9.10. The second-order valence-corrected chi connectivity index (χ2v) is 5.94. The van der Waals surface area contributed by atoms with E-state index in [9.17, 15) is 4.79 Å². The maximum Gasteiger partial charge on any atom is 0.160 e. The van der Waals surface area contributed by atoms with E-state index < -0.39 is 0 Å². The molecule has 2 aromatic rings. The molecule has 1 heterocycles. The summed E-state index contributed by atoms with van der Waals surface area (Å²) in [4.78, 5) is 16.7. The Bertz CT molecular complexity index is 603. The summed E-state index contributed by atoms with van der Waals surface area (Å²) in [5, 5.41) is 1.28. The summed E-state index contributed by atoms with van der Waals surface area (Å²) in [6.07, 6.45) is 1.68. The highest BCUT2D eigenvalue weighted by Gasteiger charge is 2.11. The number of carbonyl (C=O) groups excluding carboxylic acids is 1. The van der Waals surface area contributed by atoms with Gasteiger partial charge >= 0.3 is 0 Å². The van der Waals surface area contributed by atoms with Crippen LogP contribution in [0, 0.1) is 0 Å². The molecule has 0 spiro atoms. The number of hydrogen-bond acceptors (Lipinski definition) is 3. The van der Waals surface area contributed by atoms with Crippen LogP contribution in [0.5, 0.6) is 0 Å². The van der Waals surface area contributed by atoms with Crippen molar-refractivity contribution in [2.24, 2.45) is 0 Å². The van der Waals surface area contributed by atoms with Gasteiger partial charge in [-0.15, -0.1) is 0 Å². The summed E-state index contributed by atoms with van der Waals surface area (Å²) >= 11 is 10.8. The van der Waals surface area contributed by atoms with Crippen molar-refractivity contribution in [2.45, 2.75) is 16.8 Å². The summed E-state index contributed by atoms with van der Waals surface area (Å²) in [5.41, 5.74) is 0.663. The quantitative estimate of drug-likeness (QED) is 0.747. The number of carbonyl (C=O) groups is 1. The third-order valence-corrected chi connectivity index (χ3v) is 4.26. The highest BCUT2D eigenvalue weighted by Crippen LogP contribution is 2.34. The van der Waals surface area contributed by atoms with Crippen LogP contribution in [0.25, 0.3) is 0 Å². The molecule has 2 nitrogen and oxygen atoms in total. The molecule has 1 aromatic heterocycles. The number of hydrogen-bond donors (Lipinski definition) is 0. The first-order valence-corrected chi connectivity index (χ1v) is 7.15. The van der Waals surface area contributed by atoms with E-state index in [2.05, 4.69) is 20.9 Å². The minimum absolute atomic E-state index is 0.0193. The molecule has 0 unspecified atom stereocenters. The molecule has 0 fully saturated rings. The number of rotatable bonds is 3. The molecule has 0 aliphatic carbocycles. The van der Waals surface area contributed by atoms with E-state index in [4.69, 9.17) is 11.6 Å². The SMILES string of the molecule is CC(=O)c1cc(Br)ccc1Sc1ncccc1Cl. The van der Waals surface area contributed by atoms with Gasteiger partial charge in [0.05, 0.1) is 5.02 Å². The van der Waals surface area contributed by atoms with Gasteiger partial charge in [-0.1, -0.05) is 39.3 Å². The van der Waals surface area contributed by atoms with E-state index in [-0.39, 0.29) is 5.78 Å². The maximum atomic E-state index is 11.6. The molecule has 0 radical (unpaired) electrons. The fourth-order valence-electron chi connectivity index (χ4n) is 1.42. The van der Waals surface area contributed by atoms with Crippen molar-refractivity contribution in [3.05, 3.63) is 51.6 Å². The molecule has 0 atom stereocenters. The van der Waals surface area contributed by atoms with Gasteiger partial charge in [0, 0.05) is 21.1 Å².